The molecule has 90 valence electrons. The summed E-state index contributed by atoms with van der Waals surface area (Å²) in [7, 11) is 1.89. The van der Waals surface area contributed by atoms with Gasteiger partial charge in [0.25, 0.3) is 0 Å². The van der Waals surface area contributed by atoms with E-state index in [-0.39, 0.29) is 5.41 Å². The molecule has 0 saturated carbocycles. The number of hydrogen-bond acceptors (Lipinski definition) is 2. The van der Waals surface area contributed by atoms with Crippen molar-refractivity contribution in [1.82, 2.24) is 9.55 Å². The maximum absolute atomic E-state index is 10.7. The van der Waals surface area contributed by atoms with Gasteiger partial charge in [-0.1, -0.05) is 31.2 Å². The molecule has 0 saturated heterocycles. The van der Waals surface area contributed by atoms with Crippen molar-refractivity contribution < 1.29 is 4.79 Å². The van der Waals surface area contributed by atoms with Crippen LogP contribution in [0.1, 0.15) is 36.1 Å². The number of nitrogens with zero attached hydrogens (tertiary/aromatic N) is 2. The number of allylic oxidation sites excluding steroid dienone is 4. The minimum absolute atomic E-state index is 0.224. The van der Waals surface area contributed by atoms with Crippen molar-refractivity contribution >= 4 is 6.29 Å². The maximum Gasteiger partial charge on any atom is 0.168 e. The summed E-state index contributed by atoms with van der Waals surface area (Å²) < 4.78 is 1.87. The van der Waals surface area contributed by atoms with Gasteiger partial charge in [-0.15, -0.1) is 0 Å². The molecule has 1 aromatic heterocycles. The molecule has 17 heavy (non-hydrogen) atoms. The molecule has 3 nitrogen and oxygen atoms in total. The topological polar surface area (TPSA) is 34.9 Å². The molecule has 1 aliphatic rings. The van der Waals surface area contributed by atoms with Gasteiger partial charge in [-0.05, 0) is 18.3 Å². The van der Waals surface area contributed by atoms with E-state index in [1.807, 2.05) is 11.6 Å². The molecule has 0 bridgehead atoms. The molecule has 1 unspecified atom stereocenters. The zero-order chi connectivity index (χ0) is 12.3. The van der Waals surface area contributed by atoms with Gasteiger partial charge in [0.05, 0.1) is 6.20 Å². The lowest BCUT2D eigenvalue weighted by atomic mass is 9.80. The van der Waals surface area contributed by atoms with Crippen molar-refractivity contribution in [2.24, 2.45) is 12.5 Å². The van der Waals surface area contributed by atoms with Gasteiger partial charge in [0.2, 0.25) is 0 Å². The van der Waals surface area contributed by atoms with Crippen molar-refractivity contribution in [2.75, 3.05) is 0 Å². The number of aryl methyl sites for hydroxylation is 1. The first kappa shape index (κ1) is 11.8. The number of carbonyl (C=O) groups is 1. The first-order valence-electron chi connectivity index (χ1n) is 5.95. The summed E-state index contributed by atoms with van der Waals surface area (Å²) in [6.07, 6.45) is 14.2. The van der Waals surface area contributed by atoms with E-state index in [0.717, 1.165) is 31.4 Å². The lowest BCUT2D eigenvalue weighted by Crippen LogP contribution is -2.16. The van der Waals surface area contributed by atoms with Gasteiger partial charge in [0.15, 0.2) is 6.29 Å². The smallest absolute Gasteiger partial charge is 0.168 e. The largest absolute Gasteiger partial charge is 0.329 e. The summed E-state index contributed by atoms with van der Waals surface area (Å²) in [5.41, 5.74) is 0.867. The summed E-state index contributed by atoms with van der Waals surface area (Å²) in [5, 5.41) is 0. The normalized spacial score (nSPS) is 22.9. The SMILES string of the molecule is Cn1c(C=O)cnc1CCC1(C)C=CC=CC1. The molecule has 1 heterocycles. The minimum Gasteiger partial charge on any atom is -0.329 e. The predicted octanol–water partition coefficient (Wildman–Crippen LogP) is 2.69. The molecule has 0 amide bonds. The molecule has 1 aromatic rings. The fourth-order valence-electron chi connectivity index (χ4n) is 2.16. The Hall–Kier alpha value is -1.64. The molecule has 0 N–H and O–H groups in total. The number of carbonyl (C=O) groups excluding carboxylic acids is 1. The summed E-state index contributed by atoms with van der Waals surface area (Å²) in [6.45, 7) is 2.26. The quantitative estimate of drug-likeness (QED) is 0.745. The molecule has 0 fully saturated rings. The molecular formula is C14H18N2O. The van der Waals surface area contributed by atoms with E-state index in [9.17, 15) is 4.79 Å². The van der Waals surface area contributed by atoms with Gasteiger partial charge in [-0.3, -0.25) is 4.79 Å². The number of hydrogen-bond donors (Lipinski definition) is 0. The highest BCUT2D eigenvalue weighted by atomic mass is 16.1. The summed E-state index contributed by atoms with van der Waals surface area (Å²) in [6, 6.07) is 0. The third-order valence-electron chi connectivity index (χ3n) is 3.49. The lowest BCUT2D eigenvalue weighted by Gasteiger charge is -2.26. The highest BCUT2D eigenvalue weighted by Gasteiger charge is 2.21. The van der Waals surface area contributed by atoms with Crippen LogP contribution in [0.25, 0.3) is 0 Å². The first-order chi connectivity index (χ1) is 8.14. The Kier molecular flexibility index (Phi) is 3.27. The van der Waals surface area contributed by atoms with Crippen molar-refractivity contribution in [3.05, 3.63) is 42.0 Å². The molecule has 1 aliphatic carbocycles. The zero-order valence-electron chi connectivity index (χ0n) is 10.4. The Morgan fingerprint density at radius 1 is 1.53 bits per heavy atom. The number of aldehydes is 1. The minimum atomic E-state index is 0.224. The van der Waals surface area contributed by atoms with E-state index in [1.54, 1.807) is 6.20 Å². The van der Waals surface area contributed by atoms with Crippen LogP contribution in [0.2, 0.25) is 0 Å². The van der Waals surface area contributed by atoms with Crippen LogP contribution in [0.5, 0.6) is 0 Å². The maximum atomic E-state index is 10.7. The Morgan fingerprint density at radius 3 is 2.94 bits per heavy atom. The average Bonchev–Trinajstić information content (AvgIpc) is 2.69. The average molecular weight is 230 g/mol. The second-order valence-corrected chi connectivity index (χ2v) is 4.92. The molecular weight excluding hydrogens is 212 g/mol. The summed E-state index contributed by atoms with van der Waals surface area (Å²) in [5.74, 6) is 0.983. The number of imidazole rings is 1. The van der Waals surface area contributed by atoms with Gasteiger partial charge in [-0.2, -0.15) is 0 Å². The van der Waals surface area contributed by atoms with Crippen LogP contribution < -0.4 is 0 Å². The third-order valence-corrected chi connectivity index (χ3v) is 3.49. The Balaban J connectivity index is 2.02. The third kappa shape index (κ3) is 2.54. The van der Waals surface area contributed by atoms with Crippen molar-refractivity contribution in [1.29, 1.82) is 0 Å². The van der Waals surface area contributed by atoms with Crippen LogP contribution in [0, 0.1) is 5.41 Å². The molecule has 0 radical (unpaired) electrons. The van der Waals surface area contributed by atoms with Crippen molar-refractivity contribution in [3.8, 4) is 0 Å². The second kappa shape index (κ2) is 4.70. The van der Waals surface area contributed by atoms with Gasteiger partial charge in [0.1, 0.15) is 11.5 Å². The van der Waals surface area contributed by atoms with Crippen molar-refractivity contribution in [3.63, 3.8) is 0 Å². The van der Waals surface area contributed by atoms with Gasteiger partial charge >= 0.3 is 0 Å². The lowest BCUT2D eigenvalue weighted by molar-refractivity contribution is 0.111. The number of rotatable bonds is 4. The van der Waals surface area contributed by atoms with Crippen LogP contribution in [-0.2, 0) is 13.5 Å². The fourth-order valence-corrected chi connectivity index (χ4v) is 2.16. The van der Waals surface area contributed by atoms with Crippen LogP contribution in [0.3, 0.4) is 0 Å². The first-order valence-corrected chi connectivity index (χ1v) is 5.95. The standard InChI is InChI=1S/C14H18N2O/c1-14(7-4-3-5-8-14)9-6-13-15-10-12(11-17)16(13)2/h3-5,7,10-11H,6,8-9H2,1-2H3. The van der Waals surface area contributed by atoms with E-state index >= 15 is 0 Å². The van der Waals surface area contributed by atoms with Crippen LogP contribution in [-0.4, -0.2) is 15.8 Å². The van der Waals surface area contributed by atoms with Crippen LogP contribution in [0.15, 0.2) is 30.5 Å². The van der Waals surface area contributed by atoms with Crippen molar-refractivity contribution in [2.45, 2.75) is 26.2 Å². The van der Waals surface area contributed by atoms with E-state index < -0.39 is 0 Å². The van der Waals surface area contributed by atoms with E-state index in [2.05, 4.69) is 36.2 Å². The summed E-state index contributed by atoms with van der Waals surface area (Å²) in [4.78, 5) is 15.0. The highest BCUT2D eigenvalue weighted by Crippen LogP contribution is 2.32. The Bertz CT molecular complexity index is 471. The van der Waals surface area contributed by atoms with Gasteiger partial charge in [-0.25, -0.2) is 4.98 Å². The van der Waals surface area contributed by atoms with Gasteiger partial charge in [0, 0.05) is 13.5 Å². The Morgan fingerprint density at radius 2 is 2.35 bits per heavy atom. The van der Waals surface area contributed by atoms with E-state index in [0.29, 0.717) is 5.69 Å². The van der Waals surface area contributed by atoms with Crippen LogP contribution in [0.4, 0.5) is 0 Å². The molecule has 1 atom stereocenters. The zero-order valence-corrected chi connectivity index (χ0v) is 10.4. The molecule has 0 spiro atoms. The Labute approximate surface area is 102 Å². The molecule has 3 heteroatoms. The number of aromatic nitrogens is 2. The monoisotopic (exact) mass is 230 g/mol. The van der Waals surface area contributed by atoms with E-state index in [1.165, 1.54) is 0 Å². The summed E-state index contributed by atoms with van der Waals surface area (Å²) >= 11 is 0. The molecule has 2 rings (SSSR count). The predicted molar refractivity (Wildman–Crippen MR) is 67.9 cm³/mol. The highest BCUT2D eigenvalue weighted by molar-refractivity contribution is 5.71. The van der Waals surface area contributed by atoms with E-state index in [4.69, 9.17) is 0 Å². The second-order valence-electron chi connectivity index (χ2n) is 4.92. The van der Waals surface area contributed by atoms with Gasteiger partial charge < -0.3 is 4.57 Å². The molecule has 0 aliphatic heterocycles. The van der Waals surface area contributed by atoms with Crippen LogP contribution >= 0.6 is 0 Å². The fraction of sp³-hybridized carbons (Fsp3) is 0.429. The molecule has 0 aromatic carbocycles.